The van der Waals surface area contributed by atoms with Crippen LogP contribution in [0.4, 0.5) is 17.3 Å². The minimum absolute atomic E-state index is 0.184. The molecule has 1 nitrogen and oxygen atoms in total. The zero-order valence-corrected chi connectivity index (χ0v) is 11.5. The van der Waals surface area contributed by atoms with Crippen LogP contribution in [0, 0.1) is 11.3 Å². The van der Waals surface area contributed by atoms with Crippen LogP contribution in [0.2, 0.25) is 0 Å². The van der Waals surface area contributed by atoms with E-state index in [4.69, 9.17) is 0 Å². The molecule has 0 bridgehead atoms. The van der Waals surface area contributed by atoms with Crippen LogP contribution in [0.5, 0.6) is 0 Å². The summed E-state index contributed by atoms with van der Waals surface area (Å²) in [7, 11) is -5.82. The number of halogens is 4. The van der Waals surface area contributed by atoms with Gasteiger partial charge in [-0.2, -0.15) is 5.26 Å². The van der Waals surface area contributed by atoms with Crippen LogP contribution in [-0.4, -0.2) is 19.3 Å². The molecular formula is C12H14BF4NS. The average Bonchev–Trinajstić information content (AvgIpc) is 2.32. The summed E-state index contributed by atoms with van der Waals surface area (Å²) in [6, 6.07) is 10.9. The topological polar surface area (TPSA) is 23.8 Å². The van der Waals surface area contributed by atoms with Gasteiger partial charge in [0.25, 0.3) is 0 Å². The maximum absolute atomic E-state index is 9.75. The summed E-state index contributed by atoms with van der Waals surface area (Å²) in [5.41, 5.74) is 2.61. The van der Waals surface area contributed by atoms with Gasteiger partial charge in [0.2, 0.25) is 4.75 Å². The van der Waals surface area contributed by atoms with Crippen molar-refractivity contribution >= 4 is 18.1 Å². The fourth-order valence-electron chi connectivity index (χ4n) is 2.00. The van der Waals surface area contributed by atoms with E-state index in [1.807, 2.05) is 6.07 Å². The lowest BCUT2D eigenvalue weighted by molar-refractivity contribution is 0.368. The van der Waals surface area contributed by atoms with E-state index < -0.39 is 7.25 Å². The Morgan fingerprint density at radius 3 is 2.32 bits per heavy atom. The molecule has 2 unspecified atom stereocenters. The summed E-state index contributed by atoms with van der Waals surface area (Å²) in [6.07, 6.45) is 3.34. The predicted molar refractivity (Wildman–Crippen MR) is 71.5 cm³/mol. The molecule has 1 aromatic carbocycles. The van der Waals surface area contributed by atoms with Gasteiger partial charge in [-0.25, -0.2) is 0 Å². The zero-order valence-electron chi connectivity index (χ0n) is 10.7. The van der Waals surface area contributed by atoms with Crippen LogP contribution in [0.25, 0.3) is 0 Å². The summed E-state index contributed by atoms with van der Waals surface area (Å²) < 4.78 is 38.7. The summed E-state index contributed by atoms with van der Waals surface area (Å²) >= 11 is 0. The largest absolute Gasteiger partial charge is 0.673 e. The van der Waals surface area contributed by atoms with E-state index in [1.165, 1.54) is 11.1 Å². The lowest BCUT2D eigenvalue weighted by Gasteiger charge is -2.28. The molecule has 0 fully saturated rings. The normalized spacial score (nSPS) is 25.6. The van der Waals surface area contributed by atoms with E-state index in [0.717, 1.165) is 12.2 Å². The molecule has 0 N–H and O–H groups in total. The number of aryl methyl sites for hydroxylation is 1. The average molecular weight is 291 g/mol. The van der Waals surface area contributed by atoms with Gasteiger partial charge in [0, 0.05) is 29.8 Å². The first-order chi connectivity index (χ1) is 8.68. The lowest BCUT2D eigenvalue weighted by atomic mass is 9.94. The van der Waals surface area contributed by atoms with Crippen LogP contribution in [0.1, 0.15) is 18.1 Å². The Kier molecular flexibility index (Phi) is 4.91. The number of nitriles is 1. The van der Waals surface area contributed by atoms with E-state index in [9.17, 15) is 22.5 Å². The maximum Gasteiger partial charge on any atom is 0.673 e. The molecular weight excluding hydrogens is 277 g/mol. The minimum Gasteiger partial charge on any atom is -0.418 e. The van der Waals surface area contributed by atoms with Gasteiger partial charge in [0.05, 0.1) is 6.26 Å². The van der Waals surface area contributed by atoms with Crippen LogP contribution in [-0.2, 0) is 22.1 Å². The molecule has 0 amide bonds. The first kappa shape index (κ1) is 15.9. The van der Waals surface area contributed by atoms with Crippen molar-refractivity contribution in [3.63, 3.8) is 0 Å². The van der Waals surface area contributed by atoms with Gasteiger partial charge in [-0.3, -0.25) is 0 Å². The number of fused-ring (bicyclic) bond motifs is 1. The van der Waals surface area contributed by atoms with E-state index in [1.54, 1.807) is 0 Å². The van der Waals surface area contributed by atoms with Crippen molar-refractivity contribution in [2.75, 3.05) is 12.0 Å². The fourth-order valence-corrected chi connectivity index (χ4v) is 3.66. The lowest BCUT2D eigenvalue weighted by Crippen LogP contribution is -2.37. The molecule has 0 aliphatic carbocycles. The second-order valence-corrected chi connectivity index (χ2v) is 6.89. The first-order valence-electron chi connectivity index (χ1n) is 5.68. The first-order valence-corrected chi connectivity index (χ1v) is 7.48. The summed E-state index contributed by atoms with van der Waals surface area (Å²) in [5.74, 6) is 1.15. The molecule has 19 heavy (non-hydrogen) atoms. The molecule has 7 heteroatoms. The standard InChI is InChI=1S/C12H14NS.BF4/c1-12(9-13)11-6-4-3-5-10(11)7-8-14(12)2;2-1(3,4)5/h3-6H,7-8H2,1-2H3;/q+1;-1. The third-order valence-corrected chi connectivity index (χ3v) is 5.64. The molecule has 0 aromatic heterocycles. The molecule has 104 valence electrons. The number of hydrogen-bond acceptors (Lipinski definition) is 1. The van der Waals surface area contributed by atoms with Gasteiger partial charge in [0.15, 0.2) is 0 Å². The van der Waals surface area contributed by atoms with E-state index in [0.29, 0.717) is 0 Å². The summed E-state index contributed by atoms with van der Waals surface area (Å²) in [5, 5.41) is 9.32. The Labute approximate surface area is 113 Å². The summed E-state index contributed by atoms with van der Waals surface area (Å²) in [6.45, 7) is 2.08. The Balaban J connectivity index is 0.000000312. The predicted octanol–water partition coefficient (Wildman–Crippen LogP) is 3.53. The highest BCUT2D eigenvalue weighted by Gasteiger charge is 2.46. The minimum atomic E-state index is -6.00. The Hall–Kier alpha value is -1.16. The zero-order chi connectivity index (χ0) is 14.7. The van der Waals surface area contributed by atoms with E-state index in [2.05, 4.69) is 37.4 Å². The quantitative estimate of drug-likeness (QED) is 0.407. The van der Waals surface area contributed by atoms with Crippen molar-refractivity contribution in [3.05, 3.63) is 35.4 Å². The molecule has 0 saturated heterocycles. The van der Waals surface area contributed by atoms with E-state index in [-0.39, 0.29) is 15.6 Å². The number of benzene rings is 1. The third kappa shape index (κ3) is 4.17. The van der Waals surface area contributed by atoms with Crippen LogP contribution < -0.4 is 0 Å². The van der Waals surface area contributed by atoms with Crippen molar-refractivity contribution < 1.29 is 17.3 Å². The Bertz CT molecular complexity index is 479. The van der Waals surface area contributed by atoms with Crippen LogP contribution in [0.15, 0.2) is 24.3 Å². The van der Waals surface area contributed by atoms with Crippen molar-refractivity contribution in [1.82, 2.24) is 0 Å². The molecule has 1 aliphatic heterocycles. The van der Waals surface area contributed by atoms with Crippen molar-refractivity contribution in [3.8, 4) is 6.07 Å². The smallest absolute Gasteiger partial charge is 0.418 e. The Morgan fingerprint density at radius 1 is 1.26 bits per heavy atom. The highest BCUT2D eigenvalue weighted by molar-refractivity contribution is 7.97. The van der Waals surface area contributed by atoms with Gasteiger partial charge < -0.3 is 17.3 Å². The van der Waals surface area contributed by atoms with Crippen molar-refractivity contribution in [1.29, 1.82) is 5.26 Å². The summed E-state index contributed by atoms with van der Waals surface area (Å²) in [4.78, 5) is 0. The Morgan fingerprint density at radius 2 is 1.79 bits per heavy atom. The van der Waals surface area contributed by atoms with Gasteiger partial charge in [0.1, 0.15) is 11.8 Å². The van der Waals surface area contributed by atoms with Gasteiger partial charge in [-0.15, -0.1) is 0 Å². The van der Waals surface area contributed by atoms with E-state index >= 15 is 0 Å². The molecule has 1 aromatic rings. The van der Waals surface area contributed by atoms with Crippen LogP contribution in [0.3, 0.4) is 0 Å². The van der Waals surface area contributed by atoms with Gasteiger partial charge >= 0.3 is 7.25 Å². The van der Waals surface area contributed by atoms with Gasteiger partial charge in [-0.05, 0) is 5.56 Å². The van der Waals surface area contributed by atoms with Crippen molar-refractivity contribution in [2.24, 2.45) is 0 Å². The molecule has 2 rings (SSSR count). The molecule has 0 spiro atoms. The van der Waals surface area contributed by atoms with Gasteiger partial charge in [-0.1, -0.05) is 24.3 Å². The molecule has 1 heterocycles. The second kappa shape index (κ2) is 5.87. The SMILES string of the molecule is C[S+]1CCc2ccccc2C1(C)C#N.F[B-](F)(F)F. The molecule has 0 radical (unpaired) electrons. The molecule has 2 atom stereocenters. The number of rotatable bonds is 0. The highest BCUT2D eigenvalue weighted by atomic mass is 32.2. The third-order valence-electron chi connectivity index (χ3n) is 3.12. The number of nitrogens with zero attached hydrogens (tertiary/aromatic N) is 1. The van der Waals surface area contributed by atoms with Crippen molar-refractivity contribution in [2.45, 2.75) is 18.1 Å². The van der Waals surface area contributed by atoms with Crippen LogP contribution >= 0.6 is 0 Å². The molecule has 0 saturated carbocycles. The maximum atomic E-state index is 9.75. The molecule has 1 aliphatic rings. The number of hydrogen-bond donors (Lipinski definition) is 0. The second-order valence-electron chi connectivity index (χ2n) is 4.39. The highest BCUT2D eigenvalue weighted by Crippen LogP contribution is 2.37. The monoisotopic (exact) mass is 291 g/mol. The fraction of sp³-hybridized carbons (Fsp3) is 0.417.